The third-order valence-corrected chi connectivity index (χ3v) is 3.57. The van der Waals surface area contributed by atoms with E-state index in [2.05, 4.69) is 10.1 Å². The van der Waals surface area contributed by atoms with Gasteiger partial charge in [-0.2, -0.15) is 5.10 Å². The number of pyridine rings is 1. The molecule has 2 aromatic heterocycles. The zero-order chi connectivity index (χ0) is 16.4. The van der Waals surface area contributed by atoms with Gasteiger partial charge in [-0.3, -0.25) is 9.67 Å². The first kappa shape index (κ1) is 14.9. The predicted octanol–water partition coefficient (Wildman–Crippen LogP) is 1.81. The number of nitrogens with zero attached hydrogens (tertiary/aromatic N) is 3. The Morgan fingerprint density at radius 3 is 2.39 bits per heavy atom. The number of carboxylic acids is 1. The van der Waals surface area contributed by atoms with Gasteiger partial charge in [0.2, 0.25) is 0 Å². The maximum atomic E-state index is 13.2. The summed E-state index contributed by atoms with van der Waals surface area (Å²) in [6, 6.07) is 9.56. The molecule has 0 atom stereocenters. The van der Waals surface area contributed by atoms with Crippen LogP contribution in [-0.2, 0) is 11.3 Å². The summed E-state index contributed by atoms with van der Waals surface area (Å²) < 4.78 is 14.5. The van der Waals surface area contributed by atoms with Crippen LogP contribution in [0.2, 0.25) is 0 Å². The summed E-state index contributed by atoms with van der Waals surface area (Å²) in [5.41, 5.74) is 3.65. The van der Waals surface area contributed by atoms with E-state index in [1.54, 1.807) is 31.5 Å². The fraction of sp³-hybridized carbons (Fsp3) is 0.118. The largest absolute Gasteiger partial charge is 0.548 e. The molecule has 6 heteroatoms. The summed E-state index contributed by atoms with van der Waals surface area (Å²) in [4.78, 5) is 14.9. The number of carbonyl (C=O) groups is 1. The van der Waals surface area contributed by atoms with Gasteiger partial charge in [-0.25, -0.2) is 4.39 Å². The second kappa shape index (κ2) is 6.00. The molecule has 0 spiro atoms. The fourth-order valence-corrected chi connectivity index (χ4v) is 2.50. The monoisotopic (exact) mass is 310 g/mol. The number of carboxylic acid groups (broad SMARTS) is 1. The maximum absolute atomic E-state index is 13.2. The normalized spacial score (nSPS) is 10.7. The Morgan fingerprint density at radius 2 is 1.78 bits per heavy atom. The van der Waals surface area contributed by atoms with Gasteiger partial charge in [0.15, 0.2) is 0 Å². The Labute approximate surface area is 132 Å². The number of benzene rings is 1. The van der Waals surface area contributed by atoms with Crippen molar-refractivity contribution >= 4 is 5.97 Å². The fourth-order valence-electron chi connectivity index (χ4n) is 2.50. The van der Waals surface area contributed by atoms with E-state index >= 15 is 0 Å². The Kier molecular flexibility index (Phi) is 3.89. The van der Waals surface area contributed by atoms with Crippen LogP contribution in [0.1, 0.15) is 5.69 Å². The van der Waals surface area contributed by atoms with Crippen molar-refractivity contribution in [1.29, 1.82) is 0 Å². The van der Waals surface area contributed by atoms with Gasteiger partial charge in [-0.1, -0.05) is 0 Å². The third kappa shape index (κ3) is 2.96. The van der Waals surface area contributed by atoms with Crippen LogP contribution < -0.4 is 5.11 Å². The van der Waals surface area contributed by atoms with Gasteiger partial charge in [0.1, 0.15) is 11.5 Å². The van der Waals surface area contributed by atoms with Crippen molar-refractivity contribution in [2.24, 2.45) is 0 Å². The number of rotatable bonds is 4. The van der Waals surface area contributed by atoms with Crippen LogP contribution in [0.15, 0.2) is 48.8 Å². The molecule has 1 aromatic carbocycles. The summed E-state index contributed by atoms with van der Waals surface area (Å²) >= 11 is 0. The average Bonchev–Trinajstić information content (AvgIpc) is 2.85. The van der Waals surface area contributed by atoms with Gasteiger partial charge in [0, 0.05) is 29.2 Å². The first-order valence-electron chi connectivity index (χ1n) is 7.00. The van der Waals surface area contributed by atoms with Crippen molar-refractivity contribution in [2.45, 2.75) is 13.5 Å². The summed E-state index contributed by atoms with van der Waals surface area (Å²) in [6.45, 7) is 1.45. The smallest absolute Gasteiger partial charge is 0.123 e. The SMILES string of the molecule is Cc1c(-c2ccncc2)c(-c2ccc(F)cc2)nn1CC(=O)[O-]. The first-order valence-corrected chi connectivity index (χ1v) is 7.00. The molecule has 2 heterocycles. The molecule has 0 unspecified atom stereocenters. The van der Waals surface area contributed by atoms with Crippen molar-refractivity contribution in [3.63, 3.8) is 0 Å². The van der Waals surface area contributed by atoms with Gasteiger partial charge < -0.3 is 9.90 Å². The molecule has 0 fully saturated rings. The Bertz CT molecular complexity index is 842. The van der Waals surface area contributed by atoms with Crippen LogP contribution in [-0.4, -0.2) is 20.7 Å². The number of carbonyl (C=O) groups excluding carboxylic acids is 1. The van der Waals surface area contributed by atoms with Crippen molar-refractivity contribution in [3.05, 3.63) is 60.3 Å². The minimum atomic E-state index is -1.22. The van der Waals surface area contributed by atoms with Crippen LogP contribution in [0.4, 0.5) is 4.39 Å². The summed E-state index contributed by atoms with van der Waals surface area (Å²) in [7, 11) is 0. The molecular weight excluding hydrogens is 297 g/mol. The van der Waals surface area contributed by atoms with E-state index in [0.29, 0.717) is 17.0 Å². The molecule has 0 amide bonds. The van der Waals surface area contributed by atoms with Crippen molar-refractivity contribution in [3.8, 4) is 22.4 Å². The van der Waals surface area contributed by atoms with Crippen LogP contribution in [0, 0.1) is 12.7 Å². The van der Waals surface area contributed by atoms with E-state index in [0.717, 1.165) is 11.1 Å². The summed E-state index contributed by atoms with van der Waals surface area (Å²) in [5, 5.41) is 15.3. The van der Waals surface area contributed by atoms with Crippen LogP contribution >= 0.6 is 0 Å². The lowest BCUT2D eigenvalue weighted by Gasteiger charge is -2.06. The molecule has 5 nitrogen and oxygen atoms in total. The molecule has 0 aliphatic carbocycles. The lowest BCUT2D eigenvalue weighted by atomic mass is 10.0. The number of hydrogen-bond donors (Lipinski definition) is 0. The number of aliphatic carboxylic acids is 1. The minimum Gasteiger partial charge on any atom is -0.548 e. The summed E-state index contributed by atoms with van der Waals surface area (Å²) in [5.74, 6) is -1.56. The number of halogens is 1. The second-order valence-electron chi connectivity index (χ2n) is 5.08. The molecule has 0 bridgehead atoms. The van der Waals surface area contributed by atoms with Crippen LogP contribution in [0.25, 0.3) is 22.4 Å². The molecular formula is C17H13FN3O2-. The molecule has 0 saturated carbocycles. The highest BCUT2D eigenvalue weighted by Gasteiger charge is 2.18. The molecule has 0 aliphatic heterocycles. The highest BCUT2D eigenvalue weighted by atomic mass is 19.1. The summed E-state index contributed by atoms with van der Waals surface area (Å²) in [6.07, 6.45) is 3.30. The van der Waals surface area contributed by atoms with Gasteiger partial charge in [0.25, 0.3) is 0 Å². The molecule has 3 rings (SSSR count). The highest BCUT2D eigenvalue weighted by Crippen LogP contribution is 2.34. The molecule has 0 saturated heterocycles. The molecule has 116 valence electrons. The van der Waals surface area contributed by atoms with E-state index < -0.39 is 5.97 Å². The van der Waals surface area contributed by atoms with E-state index in [-0.39, 0.29) is 12.4 Å². The van der Waals surface area contributed by atoms with E-state index in [4.69, 9.17) is 0 Å². The number of aromatic nitrogens is 3. The van der Waals surface area contributed by atoms with E-state index in [9.17, 15) is 14.3 Å². The van der Waals surface area contributed by atoms with Gasteiger partial charge in [0.05, 0.1) is 12.5 Å². The average molecular weight is 310 g/mol. The Hall–Kier alpha value is -3.02. The second-order valence-corrected chi connectivity index (χ2v) is 5.08. The molecule has 0 radical (unpaired) electrons. The quantitative estimate of drug-likeness (QED) is 0.737. The zero-order valence-electron chi connectivity index (χ0n) is 12.4. The van der Waals surface area contributed by atoms with E-state index in [1.807, 2.05) is 12.1 Å². The molecule has 23 heavy (non-hydrogen) atoms. The zero-order valence-corrected chi connectivity index (χ0v) is 12.4. The van der Waals surface area contributed by atoms with Crippen molar-refractivity contribution < 1.29 is 14.3 Å². The lowest BCUT2D eigenvalue weighted by Crippen LogP contribution is -2.28. The predicted molar refractivity (Wildman–Crippen MR) is 80.6 cm³/mol. The lowest BCUT2D eigenvalue weighted by molar-refractivity contribution is -0.306. The van der Waals surface area contributed by atoms with Gasteiger partial charge in [-0.05, 0) is 48.9 Å². The van der Waals surface area contributed by atoms with Crippen LogP contribution in [0.5, 0.6) is 0 Å². The standard InChI is InChI=1S/C17H14FN3O2/c1-11-16(12-6-8-19-9-7-12)17(20-21(11)10-15(22)23)13-2-4-14(18)5-3-13/h2-9H,10H2,1H3,(H,22,23)/p-1. The van der Waals surface area contributed by atoms with Gasteiger partial charge in [-0.15, -0.1) is 0 Å². The van der Waals surface area contributed by atoms with Crippen molar-refractivity contribution in [2.75, 3.05) is 0 Å². The van der Waals surface area contributed by atoms with Crippen LogP contribution in [0.3, 0.4) is 0 Å². The number of hydrogen-bond acceptors (Lipinski definition) is 4. The first-order chi connectivity index (χ1) is 11.1. The minimum absolute atomic E-state index is 0.342. The highest BCUT2D eigenvalue weighted by molar-refractivity contribution is 5.82. The third-order valence-electron chi connectivity index (χ3n) is 3.57. The van der Waals surface area contributed by atoms with E-state index in [1.165, 1.54) is 16.8 Å². The molecule has 0 aliphatic rings. The Morgan fingerprint density at radius 1 is 1.13 bits per heavy atom. The maximum Gasteiger partial charge on any atom is 0.123 e. The molecule has 3 aromatic rings. The van der Waals surface area contributed by atoms with Gasteiger partial charge >= 0.3 is 0 Å². The van der Waals surface area contributed by atoms with Crippen molar-refractivity contribution in [1.82, 2.24) is 14.8 Å². The topological polar surface area (TPSA) is 70.8 Å². The Balaban J connectivity index is 2.21. The molecule has 0 N–H and O–H groups in total.